The zero-order valence-electron chi connectivity index (χ0n) is 11.9. The van der Waals surface area contributed by atoms with Crippen LogP contribution in [0.1, 0.15) is 10.4 Å². The van der Waals surface area contributed by atoms with E-state index in [9.17, 15) is 4.79 Å². The molecule has 6 nitrogen and oxygen atoms in total. The molecule has 2 rings (SSSR count). The van der Waals surface area contributed by atoms with E-state index in [4.69, 9.17) is 19.3 Å². The Morgan fingerprint density at radius 1 is 1.05 bits per heavy atom. The van der Waals surface area contributed by atoms with E-state index in [0.29, 0.717) is 28.4 Å². The van der Waals surface area contributed by atoms with Crippen molar-refractivity contribution in [3.63, 3.8) is 0 Å². The van der Waals surface area contributed by atoms with Crippen molar-refractivity contribution in [1.29, 1.82) is 0 Å². The van der Waals surface area contributed by atoms with Crippen LogP contribution in [-0.4, -0.2) is 37.4 Å². The summed E-state index contributed by atoms with van der Waals surface area (Å²) in [6.45, 7) is 0. The van der Waals surface area contributed by atoms with E-state index < -0.39 is 5.97 Å². The first-order valence-corrected chi connectivity index (χ1v) is 6.10. The molecule has 0 aliphatic heterocycles. The lowest BCUT2D eigenvalue weighted by atomic mass is 10.0. The van der Waals surface area contributed by atoms with Gasteiger partial charge in [-0.15, -0.1) is 0 Å². The van der Waals surface area contributed by atoms with Gasteiger partial charge >= 0.3 is 5.97 Å². The van der Waals surface area contributed by atoms with E-state index in [-0.39, 0.29) is 5.56 Å². The number of nitrogens with zero attached hydrogens (tertiary/aromatic N) is 1. The van der Waals surface area contributed by atoms with Gasteiger partial charge in [0.2, 0.25) is 5.75 Å². The molecule has 0 radical (unpaired) electrons. The maximum atomic E-state index is 11.0. The lowest BCUT2D eigenvalue weighted by Crippen LogP contribution is -1.99. The molecule has 0 amide bonds. The zero-order valence-corrected chi connectivity index (χ0v) is 11.9. The molecule has 6 heteroatoms. The van der Waals surface area contributed by atoms with Crippen molar-refractivity contribution in [1.82, 2.24) is 4.98 Å². The Balaban J connectivity index is 2.63. The van der Waals surface area contributed by atoms with E-state index >= 15 is 0 Å². The minimum absolute atomic E-state index is 0.101. The molecule has 0 aliphatic carbocycles. The molecule has 0 fully saturated rings. The standard InChI is InChI=1S/C15H15NO5/c1-19-12-5-4-11(13(20-2)14(12)21-3)9-6-10(15(17)18)8-16-7-9/h4-8H,1-3H3,(H,17,18). The lowest BCUT2D eigenvalue weighted by Gasteiger charge is -2.15. The Bertz CT molecular complexity index is 669. The monoisotopic (exact) mass is 289 g/mol. The molecular formula is C15H15NO5. The third-order valence-corrected chi connectivity index (χ3v) is 3.00. The zero-order chi connectivity index (χ0) is 15.4. The minimum atomic E-state index is -1.04. The number of ether oxygens (including phenoxy) is 3. The Morgan fingerprint density at radius 3 is 2.33 bits per heavy atom. The molecule has 21 heavy (non-hydrogen) atoms. The van der Waals surface area contributed by atoms with E-state index in [1.165, 1.54) is 33.6 Å². The summed E-state index contributed by atoms with van der Waals surface area (Å²) in [7, 11) is 4.55. The first-order chi connectivity index (χ1) is 10.1. The molecule has 1 N–H and O–H groups in total. The van der Waals surface area contributed by atoms with Crippen molar-refractivity contribution in [3.05, 3.63) is 36.2 Å². The van der Waals surface area contributed by atoms with Crippen molar-refractivity contribution in [2.24, 2.45) is 0 Å². The van der Waals surface area contributed by atoms with Crippen LogP contribution in [0.4, 0.5) is 0 Å². The van der Waals surface area contributed by atoms with Crippen LogP contribution in [0.15, 0.2) is 30.6 Å². The molecule has 0 spiro atoms. The Hall–Kier alpha value is -2.76. The highest BCUT2D eigenvalue weighted by Crippen LogP contribution is 2.44. The van der Waals surface area contributed by atoms with Gasteiger partial charge in [0.15, 0.2) is 11.5 Å². The number of carboxylic acids is 1. The molecule has 1 aromatic carbocycles. The number of methoxy groups -OCH3 is 3. The molecule has 0 atom stereocenters. The molecule has 1 heterocycles. The van der Waals surface area contributed by atoms with Crippen LogP contribution < -0.4 is 14.2 Å². The fraction of sp³-hybridized carbons (Fsp3) is 0.200. The number of carboxylic acid groups (broad SMARTS) is 1. The van der Waals surface area contributed by atoms with Crippen LogP contribution in [0.5, 0.6) is 17.2 Å². The highest BCUT2D eigenvalue weighted by molar-refractivity contribution is 5.89. The van der Waals surface area contributed by atoms with Crippen LogP contribution in [-0.2, 0) is 0 Å². The fourth-order valence-electron chi connectivity index (χ4n) is 2.03. The Morgan fingerprint density at radius 2 is 1.76 bits per heavy atom. The topological polar surface area (TPSA) is 77.9 Å². The summed E-state index contributed by atoms with van der Waals surface area (Å²) in [5.74, 6) is 0.392. The number of aromatic nitrogens is 1. The second-order valence-corrected chi connectivity index (χ2v) is 4.15. The van der Waals surface area contributed by atoms with Gasteiger partial charge in [-0.2, -0.15) is 0 Å². The lowest BCUT2D eigenvalue weighted by molar-refractivity contribution is 0.0696. The van der Waals surface area contributed by atoms with E-state index in [0.717, 1.165) is 0 Å². The Kier molecular flexibility index (Phi) is 4.27. The number of carbonyl (C=O) groups is 1. The van der Waals surface area contributed by atoms with Gasteiger partial charge in [-0.25, -0.2) is 4.79 Å². The molecule has 0 aliphatic rings. The van der Waals surface area contributed by atoms with Crippen LogP contribution in [0.2, 0.25) is 0 Å². The van der Waals surface area contributed by atoms with Gasteiger partial charge in [-0.05, 0) is 18.2 Å². The van der Waals surface area contributed by atoms with Crippen molar-refractivity contribution < 1.29 is 24.1 Å². The smallest absolute Gasteiger partial charge is 0.337 e. The van der Waals surface area contributed by atoms with Crippen LogP contribution in [0.3, 0.4) is 0 Å². The van der Waals surface area contributed by atoms with Gasteiger partial charge in [-0.1, -0.05) is 0 Å². The predicted octanol–water partition coefficient (Wildman–Crippen LogP) is 2.47. The number of aromatic carboxylic acids is 1. The van der Waals surface area contributed by atoms with Crippen molar-refractivity contribution in [3.8, 4) is 28.4 Å². The molecule has 0 bridgehead atoms. The van der Waals surface area contributed by atoms with Crippen molar-refractivity contribution in [2.75, 3.05) is 21.3 Å². The molecule has 1 aromatic heterocycles. The minimum Gasteiger partial charge on any atom is -0.493 e. The normalized spacial score (nSPS) is 10.0. The van der Waals surface area contributed by atoms with Crippen molar-refractivity contribution >= 4 is 5.97 Å². The van der Waals surface area contributed by atoms with Crippen molar-refractivity contribution in [2.45, 2.75) is 0 Å². The first-order valence-electron chi connectivity index (χ1n) is 6.10. The summed E-state index contributed by atoms with van der Waals surface area (Å²) in [5.41, 5.74) is 1.39. The second-order valence-electron chi connectivity index (χ2n) is 4.15. The summed E-state index contributed by atoms with van der Waals surface area (Å²) >= 11 is 0. The molecular weight excluding hydrogens is 274 g/mol. The van der Waals surface area contributed by atoms with Gasteiger partial charge in [-0.3, -0.25) is 4.98 Å². The number of hydrogen-bond donors (Lipinski definition) is 1. The van der Waals surface area contributed by atoms with E-state index in [1.54, 1.807) is 18.3 Å². The molecule has 2 aromatic rings. The van der Waals surface area contributed by atoms with Gasteiger partial charge in [0.1, 0.15) is 0 Å². The first kappa shape index (κ1) is 14.6. The van der Waals surface area contributed by atoms with Gasteiger partial charge in [0.25, 0.3) is 0 Å². The number of benzene rings is 1. The fourth-order valence-corrected chi connectivity index (χ4v) is 2.03. The summed E-state index contributed by atoms with van der Waals surface area (Å²) in [6.07, 6.45) is 2.86. The third-order valence-electron chi connectivity index (χ3n) is 3.00. The maximum absolute atomic E-state index is 11.0. The number of rotatable bonds is 5. The molecule has 110 valence electrons. The predicted molar refractivity (Wildman–Crippen MR) is 76.3 cm³/mol. The second kappa shape index (κ2) is 6.13. The highest BCUT2D eigenvalue weighted by Gasteiger charge is 2.18. The van der Waals surface area contributed by atoms with Gasteiger partial charge in [0.05, 0.1) is 26.9 Å². The average molecular weight is 289 g/mol. The van der Waals surface area contributed by atoms with E-state index in [2.05, 4.69) is 4.98 Å². The van der Waals surface area contributed by atoms with Crippen LogP contribution >= 0.6 is 0 Å². The Labute approximate surface area is 121 Å². The SMILES string of the molecule is COc1ccc(-c2cncc(C(=O)O)c2)c(OC)c1OC. The highest BCUT2D eigenvalue weighted by atomic mass is 16.5. The summed E-state index contributed by atoms with van der Waals surface area (Å²) in [4.78, 5) is 15.0. The van der Waals surface area contributed by atoms with E-state index in [1.807, 2.05) is 0 Å². The molecule has 0 unspecified atom stereocenters. The largest absolute Gasteiger partial charge is 0.493 e. The summed E-state index contributed by atoms with van der Waals surface area (Å²) in [5, 5.41) is 9.05. The van der Waals surface area contributed by atoms with Gasteiger partial charge in [0, 0.05) is 23.5 Å². The average Bonchev–Trinajstić information content (AvgIpc) is 2.53. The summed E-state index contributed by atoms with van der Waals surface area (Å²) < 4.78 is 15.9. The third kappa shape index (κ3) is 2.74. The van der Waals surface area contributed by atoms with Crippen LogP contribution in [0.25, 0.3) is 11.1 Å². The van der Waals surface area contributed by atoms with Crippen LogP contribution in [0, 0.1) is 0 Å². The number of pyridine rings is 1. The molecule has 0 saturated heterocycles. The van der Waals surface area contributed by atoms with Gasteiger partial charge < -0.3 is 19.3 Å². The molecule has 0 saturated carbocycles. The number of hydrogen-bond acceptors (Lipinski definition) is 5. The summed E-state index contributed by atoms with van der Waals surface area (Å²) in [6, 6.07) is 5.02. The quantitative estimate of drug-likeness (QED) is 0.911. The maximum Gasteiger partial charge on any atom is 0.337 e.